The summed E-state index contributed by atoms with van der Waals surface area (Å²) in [6.07, 6.45) is 0.125. The van der Waals surface area contributed by atoms with Crippen LogP contribution in [-0.4, -0.2) is 28.5 Å². The van der Waals surface area contributed by atoms with Gasteiger partial charge in [-0.05, 0) is 30.2 Å². The second-order valence-electron chi connectivity index (χ2n) is 7.60. The number of aliphatic hydroxyl groups is 1. The fraction of sp³-hybridized carbons (Fsp3) is 0.185. The number of carbonyl (C=O) groups excluding carboxylic acids is 2. The highest BCUT2D eigenvalue weighted by atomic mass is 16.5. The molecular formula is C27H25NO4. The second kappa shape index (κ2) is 9.52. The van der Waals surface area contributed by atoms with Crippen molar-refractivity contribution in [2.75, 3.05) is 6.61 Å². The largest absolute Gasteiger partial charge is 0.512 e. The molecule has 1 N–H and O–H groups in total. The van der Waals surface area contributed by atoms with Gasteiger partial charge in [0.2, 0.25) is 0 Å². The van der Waals surface area contributed by atoms with Crippen molar-refractivity contribution in [3.63, 3.8) is 0 Å². The SMILES string of the molecule is CCOC(=O)C1=C(O)C[C@H](c2ccccc2)N(C(=O)c2ccccc2)[C@@H]1c1ccccc1. The molecule has 4 rings (SSSR count). The third-order valence-electron chi connectivity index (χ3n) is 5.64. The van der Waals surface area contributed by atoms with Gasteiger partial charge in [-0.1, -0.05) is 78.9 Å². The molecule has 0 spiro atoms. The predicted octanol–water partition coefficient (Wildman–Crippen LogP) is 5.39. The van der Waals surface area contributed by atoms with Crippen LogP contribution in [0.4, 0.5) is 0 Å². The number of hydrogen-bond donors (Lipinski definition) is 1. The van der Waals surface area contributed by atoms with Gasteiger partial charge in [-0.2, -0.15) is 0 Å². The summed E-state index contributed by atoms with van der Waals surface area (Å²) in [4.78, 5) is 28.5. The van der Waals surface area contributed by atoms with E-state index in [1.807, 2.05) is 78.9 Å². The van der Waals surface area contributed by atoms with Crippen LogP contribution in [0.3, 0.4) is 0 Å². The Morgan fingerprint density at radius 3 is 1.97 bits per heavy atom. The van der Waals surface area contributed by atoms with Gasteiger partial charge in [-0.15, -0.1) is 0 Å². The Kier molecular flexibility index (Phi) is 6.36. The smallest absolute Gasteiger partial charge is 0.339 e. The first-order valence-electron chi connectivity index (χ1n) is 10.7. The Morgan fingerprint density at radius 1 is 0.875 bits per heavy atom. The quantitative estimate of drug-likeness (QED) is 0.555. The van der Waals surface area contributed by atoms with E-state index in [1.165, 1.54) is 0 Å². The van der Waals surface area contributed by atoms with E-state index >= 15 is 0 Å². The number of esters is 1. The minimum Gasteiger partial charge on any atom is -0.512 e. The van der Waals surface area contributed by atoms with E-state index in [2.05, 4.69) is 0 Å². The molecule has 0 fully saturated rings. The molecule has 0 bridgehead atoms. The van der Waals surface area contributed by atoms with E-state index in [9.17, 15) is 14.7 Å². The third-order valence-corrected chi connectivity index (χ3v) is 5.64. The number of benzene rings is 3. The average Bonchev–Trinajstić information content (AvgIpc) is 2.84. The molecule has 1 amide bonds. The lowest BCUT2D eigenvalue weighted by molar-refractivity contribution is -0.140. The van der Waals surface area contributed by atoms with Crippen molar-refractivity contribution in [3.05, 3.63) is 119 Å². The maximum atomic E-state index is 13.9. The predicted molar refractivity (Wildman–Crippen MR) is 122 cm³/mol. The van der Waals surface area contributed by atoms with Crippen LogP contribution in [-0.2, 0) is 9.53 Å². The Labute approximate surface area is 187 Å². The molecule has 0 unspecified atom stereocenters. The highest BCUT2D eigenvalue weighted by Crippen LogP contribution is 2.45. The van der Waals surface area contributed by atoms with Crippen molar-refractivity contribution < 1.29 is 19.4 Å². The number of amides is 1. The topological polar surface area (TPSA) is 66.8 Å². The molecule has 0 radical (unpaired) electrons. The van der Waals surface area contributed by atoms with Gasteiger partial charge in [0.25, 0.3) is 5.91 Å². The summed E-state index contributed by atoms with van der Waals surface area (Å²) >= 11 is 0. The average molecular weight is 428 g/mol. The first-order chi connectivity index (χ1) is 15.6. The summed E-state index contributed by atoms with van der Waals surface area (Å²) in [5.74, 6) is -0.887. The summed E-state index contributed by atoms with van der Waals surface area (Å²) in [5, 5.41) is 11.0. The maximum absolute atomic E-state index is 13.9. The number of nitrogens with zero attached hydrogens (tertiary/aromatic N) is 1. The minimum atomic E-state index is -0.790. The van der Waals surface area contributed by atoms with Crippen molar-refractivity contribution in [2.45, 2.75) is 25.4 Å². The van der Waals surface area contributed by atoms with Crippen LogP contribution >= 0.6 is 0 Å². The normalized spacial score (nSPS) is 18.3. The number of hydrogen-bond acceptors (Lipinski definition) is 4. The Bertz CT molecular complexity index is 1110. The van der Waals surface area contributed by atoms with Crippen LogP contribution in [0.1, 0.15) is 46.9 Å². The van der Waals surface area contributed by atoms with Crippen molar-refractivity contribution in [1.29, 1.82) is 0 Å². The van der Waals surface area contributed by atoms with Crippen LogP contribution in [0, 0.1) is 0 Å². The Morgan fingerprint density at radius 2 is 1.41 bits per heavy atom. The molecule has 1 heterocycles. The number of carbonyl (C=O) groups is 2. The van der Waals surface area contributed by atoms with Gasteiger partial charge in [0.15, 0.2) is 0 Å². The number of aliphatic hydroxyl groups excluding tert-OH is 1. The molecule has 2 atom stereocenters. The number of ether oxygens (including phenoxy) is 1. The molecule has 0 aliphatic carbocycles. The zero-order chi connectivity index (χ0) is 22.5. The first kappa shape index (κ1) is 21.4. The standard InChI is InChI=1S/C27H25NO4/c1-2-32-27(31)24-23(29)18-22(19-12-6-3-7-13-19)28(25(24)20-14-8-4-9-15-20)26(30)21-16-10-5-11-17-21/h3-17,22,25,29H,2,18H2,1H3/t22-,25-/m1/s1. The van der Waals surface area contributed by atoms with Crippen molar-refractivity contribution >= 4 is 11.9 Å². The molecule has 3 aromatic rings. The van der Waals surface area contributed by atoms with Crippen LogP contribution in [0.2, 0.25) is 0 Å². The lowest BCUT2D eigenvalue weighted by atomic mass is 9.85. The van der Waals surface area contributed by atoms with Gasteiger partial charge in [-0.25, -0.2) is 4.79 Å². The second-order valence-corrected chi connectivity index (χ2v) is 7.60. The summed E-state index contributed by atoms with van der Waals surface area (Å²) in [5.41, 5.74) is 2.23. The molecule has 0 aromatic heterocycles. The van der Waals surface area contributed by atoms with Gasteiger partial charge >= 0.3 is 5.97 Å². The van der Waals surface area contributed by atoms with Gasteiger partial charge in [-0.3, -0.25) is 4.79 Å². The lowest BCUT2D eigenvalue weighted by Gasteiger charge is -2.43. The summed E-state index contributed by atoms with van der Waals surface area (Å²) in [7, 11) is 0. The Balaban J connectivity index is 1.93. The van der Waals surface area contributed by atoms with E-state index in [-0.39, 0.29) is 30.3 Å². The van der Waals surface area contributed by atoms with Gasteiger partial charge in [0.1, 0.15) is 11.3 Å². The molecule has 0 saturated heterocycles. The Hall–Kier alpha value is -3.86. The molecule has 1 aliphatic rings. The third kappa shape index (κ3) is 4.14. The molecule has 0 saturated carbocycles. The fourth-order valence-electron chi connectivity index (χ4n) is 4.21. The summed E-state index contributed by atoms with van der Waals surface area (Å²) in [6, 6.07) is 26.6. The molecule has 5 nitrogen and oxygen atoms in total. The van der Waals surface area contributed by atoms with Gasteiger partial charge in [0.05, 0.1) is 18.7 Å². The first-order valence-corrected chi connectivity index (χ1v) is 10.7. The van der Waals surface area contributed by atoms with Gasteiger partial charge < -0.3 is 14.7 Å². The molecule has 162 valence electrons. The van der Waals surface area contributed by atoms with Crippen molar-refractivity contribution in [1.82, 2.24) is 4.90 Å². The number of rotatable bonds is 5. The van der Waals surface area contributed by atoms with Crippen LogP contribution < -0.4 is 0 Å². The summed E-state index contributed by atoms with van der Waals surface area (Å²) in [6.45, 7) is 1.89. The zero-order valence-electron chi connectivity index (χ0n) is 17.8. The zero-order valence-corrected chi connectivity index (χ0v) is 17.8. The van der Waals surface area contributed by atoms with Gasteiger partial charge in [0, 0.05) is 12.0 Å². The van der Waals surface area contributed by atoms with Crippen LogP contribution in [0.5, 0.6) is 0 Å². The molecular weight excluding hydrogens is 402 g/mol. The van der Waals surface area contributed by atoms with Crippen molar-refractivity contribution in [3.8, 4) is 0 Å². The van der Waals surface area contributed by atoms with Crippen LogP contribution in [0.15, 0.2) is 102 Å². The fourth-order valence-corrected chi connectivity index (χ4v) is 4.21. The lowest BCUT2D eigenvalue weighted by Crippen LogP contribution is -2.44. The minimum absolute atomic E-state index is 0.0525. The molecule has 32 heavy (non-hydrogen) atoms. The monoisotopic (exact) mass is 427 g/mol. The van der Waals surface area contributed by atoms with Crippen LogP contribution in [0.25, 0.3) is 0 Å². The van der Waals surface area contributed by atoms with Crippen molar-refractivity contribution in [2.24, 2.45) is 0 Å². The van der Waals surface area contributed by atoms with E-state index in [4.69, 9.17) is 4.74 Å². The molecule has 3 aromatic carbocycles. The van der Waals surface area contributed by atoms with E-state index in [1.54, 1.807) is 24.0 Å². The van der Waals surface area contributed by atoms with E-state index in [0.29, 0.717) is 5.56 Å². The maximum Gasteiger partial charge on any atom is 0.339 e. The highest BCUT2D eigenvalue weighted by Gasteiger charge is 2.44. The van der Waals surface area contributed by atoms with E-state index in [0.717, 1.165) is 11.1 Å². The van der Waals surface area contributed by atoms with E-state index < -0.39 is 18.1 Å². The molecule has 5 heteroatoms. The molecule has 1 aliphatic heterocycles. The highest BCUT2D eigenvalue weighted by molar-refractivity contribution is 5.98. The summed E-state index contributed by atoms with van der Waals surface area (Å²) < 4.78 is 5.28.